The first-order valence-electron chi connectivity index (χ1n) is 8.87. The van der Waals surface area contributed by atoms with Gasteiger partial charge in [0.2, 0.25) is 11.8 Å². The third-order valence-electron chi connectivity index (χ3n) is 4.33. The van der Waals surface area contributed by atoms with Gasteiger partial charge in [-0.2, -0.15) is 0 Å². The molecular weight excluding hydrogens is 431 g/mol. The van der Waals surface area contributed by atoms with Crippen molar-refractivity contribution in [1.29, 1.82) is 0 Å². The average Bonchev–Trinajstić information content (AvgIpc) is 3.31. The van der Waals surface area contributed by atoms with E-state index in [-0.39, 0.29) is 48.3 Å². The summed E-state index contributed by atoms with van der Waals surface area (Å²) in [5.41, 5.74) is 1.57. The molecule has 1 aliphatic heterocycles. The van der Waals surface area contributed by atoms with Crippen molar-refractivity contribution in [2.45, 2.75) is 0 Å². The number of halogens is 1. The summed E-state index contributed by atoms with van der Waals surface area (Å²) >= 11 is 2.34. The third kappa shape index (κ3) is 4.26. The van der Waals surface area contributed by atoms with E-state index >= 15 is 0 Å². The summed E-state index contributed by atoms with van der Waals surface area (Å²) < 4.78 is 18.8. The van der Waals surface area contributed by atoms with Gasteiger partial charge in [0, 0.05) is 24.0 Å². The van der Waals surface area contributed by atoms with Crippen LogP contribution in [0.5, 0.6) is 5.88 Å². The Labute approximate surface area is 178 Å². The van der Waals surface area contributed by atoms with Crippen LogP contribution in [0.2, 0.25) is 0 Å². The standard InChI is InChI=1S/C19H15FN4O4S2/c20-12-3-1-11(2-4-12)13-8-29-18-16(13)17(22-10-23-18)28-7-14(25)21-5-6-24-15(26)9-30-19(24)27/h1-4,8,10H,5-7,9H2,(H,21,25). The van der Waals surface area contributed by atoms with E-state index in [9.17, 15) is 18.8 Å². The van der Waals surface area contributed by atoms with Crippen LogP contribution in [0, 0.1) is 5.82 Å². The Kier molecular flexibility index (Phi) is 5.91. The highest BCUT2D eigenvalue weighted by Gasteiger charge is 2.29. The Hall–Kier alpha value is -3.05. The number of nitrogens with zero attached hydrogens (tertiary/aromatic N) is 3. The summed E-state index contributed by atoms with van der Waals surface area (Å²) in [6.07, 6.45) is 1.35. The Balaban J connectivity index is 1.41. The van der Waals surface area contributed by atoms with Crippen molar-refractivity contribution in [3.63, 3.8) is 0 Å². The Morgan fingerprint density at radius 2 is 2.03 bits per heavy atom. The van der Waals surface area contributed by atoms with Crippen molar-refractivity contribution in [1.82, 2.24) is 20.2 Å². The lowest BCUT2D eigenvalue weighted by molar-refractivity contribution is -0.126. The van der Waals surface area contributed by atoms with Gasteiger partial charge in [-0.05, 0) is 17.7 Å². The van der Waals surface area contributed by atoms with Crippen LogP contribution in [-0.4, -0.2) is 57.4 Å². The molecule has 2 aromatic heterocycles. The van der Waals surface area contributed by atoms with Gasteiger partial charge in [-0.15, -0.1) is 11.3 Å². The monoisotopic (exact) mass is 446 g/mol. The van der Waals surface area contributed by atoms with Crippen LogP contribution in [0.4, 0.5) is 9.18 Å². The number of rotatable bonds is 7. The lowest BCUT2D eigenvalue weighted by Gasteiger charge is -2.13. The lowest BCUT2D eigenvalue weighted by atomic mass is 10.1. The molecule has 1 fully saturated rings. The number of carbonyl (C=O) groups is 3. The molecule has 0 unspecified atom stereocenters. The van der Waals surface area contributed by atoms with Gasteiger partial charge in [0.05, 0.1) is 11.1 Å². The minimum atomic E-state index is -0.410. The minimum absolute atomic E-state index is 0.118. The Morgan fingerprint density at radius 3 is 2.77 bits per heavy atom. The van der Waals surface area contributed by atoms with Crippen LogP contribution in [0.3, 0.4) is 0 Å². The molecule has 0 spiro atoms. The number of fused-ring (bicyclic) bond motifs is 1. The average molecular weight is 446 g/mol. The number of thioether (sulfide) groups is 1. The Morgan fingerprint density at radius 1 is 1.23 bits per heavy atom. The fourth-order valence-electron chi connectivity index (χ4n) is 2.89. The number of amides is 3. The summed E-state index contributed by atoms with van der Waals surface area (Å²) in [5, 5.41) is 4.83. The predicted octanol–water partition coefficient (Wildman–Crippen LogP) is 2.69. The van der Waals surface area contributed by atoms with Crippen molar-refractivity contribution >= 4 is 50.4 Å². The molecule has 0 saturated carbocycles. The molecule has 0 atom stereocenters. The molecule has 1 saturated heterocycles. The Bertz CT molecular complexity index is 1100. The van der Waals surface area contributed by atoms with Gasteiger partial charge < -0.3 is 10.1 Å². The van der Waals surface area contributed by atoms with Crippen LogP contribution in [0.15, 0.2) is 36.0 Å². The molecule has 3 amide bonds. The molecule has 3 heterocycles. The molecule has 3 aromatic rings. The van der Waals surface area contributed by atoms with Crippen molar-refractivity contribution < 1.29 is 23.5 Å². The van der Waals surface area contributed by atoms with E-state index in [1.54, 1.807) is 12.1 Å². The van der Waals surface area contributed by atoms with Crippen LogP contribution in [-0.2, 0) is 9.59 Å². The number of benzene rings is 1. The van der Waals surface area contributed by atoms with E-state index in [0.29, 0.717) is 10.2 Å². The van der Waals surface area contributed by atoms with Crippen LogP contribution >= 0.6 is 23.1 Å². The summed E-state index contributed by atoms with van der Waals surface area (Å²) in [6.45, 7) is -0.0342. The van der Waals surface area contributed by atoms with Gasteiger partial charge in [0.15, 0.2) is 6.61 Å². The van der Waals surface area contributed by atoms with Crippen LogP contribution in [0.1, 0.15) is 0 Å². The van der Waals surface area contributed by atoms with Gasteiger partial charge in [-0.3, -0.25) is 19.3 Å². The zero-order valence-electron chi connectivity index (χ0n) is 15.5. The maximum atomic E-state index is 13.2. The van der Waals surface area contributed by atoms with E-state index in [2.05, 4.69) is 15.3 Å². The normalized spacial score (nSPS) is 13.8. The van der Waals surface area contributed by atoms with Gasteiger partial charge in [0.1, 0.15) is 17.0 Å². The molecule has 1 N–H and O–H groups in total. The van der Waals surface area contributed by atoms with Gasteiger partial charge >= 0.3 is 0 Å². The molecule has 1 aliphatic rings. The van der Waals surface area contributed by atoms with E-state index in [0.717, 1.165) is 27.8 Å². The van der Waals surface area contributed by atoms with Crippen LogP contribution < -0.4 is 10.1 Å². The summed E-state index contributed by atoms with van der Waals surface area (Å²) in [5.74, 6) is -0.622. The molecular formula is C19H15FN4O4S2. The first-order valence-corrected chi connectivity index (χ1v) is 10.7. The summed E-state index contributed by atoms with van der Waals surface area (Å²) in [7, 11) is 0. The maximum absolute atomic E-state index is 13.2. The third-order valence-corrected chi connectivity index (χ3v) is 6.07. The minimum Gasteiger partial charge on any atom is -0.467 e. The highest BCUT2D eigenvalue weighted by atomic mass is 32.2. The van der Waals surface area contributed by atoms with Gasteiger partial charge in [0.25, 0.3) is 11.1 Å². The van der Waals surface area contributed by atoms with Gasteiger partial charge in [-0.25, -0.2) is 14.4 Å². The smallest absolute Gasteiger partial charge is 0.288 e. The number of ether oxygens (including phenoxy) is 1. The van der Waals surface area contributed by atoms with Gasteiger partial charge in [-0.1, -0.05) is 23.9 Å². The molecule has 0 bridgehead atoms. The molecule has 4 rings (SSSR count). The molecule has 11 heteroatoms. The summed E-state index contributed by atoms with van der Waals surface area (Å²) in [4.78, 5) is 45.3. The molecule has 30 heavy (non-hydrogen) atoms. The topological polar surface area (TPSA) is 101 Å². The van der Waals surface area contributed by atoms with Crippen molar-refractivity contribution in [3.05, 3.63) is 41.8 Å². The zero-order valence-corrected chi connectivity index (χ0v) is 17.1. The number of carbonyl (C=O) groups excluding carboxylic acids is 3. The fourth-order valence-corrected chi connectivity index (χ4v) is 4.55. The first-order chi connectivity index (χ1) is 14.5. The predicted molar refractivity (Wildman–Crippen MR) is 111 cm³/mol. The van der Waals surface area contributed by atoms with E-state index in [1.165, 1.54) is 29.8 Å². The number of thiophene rings is 1. The quantitative estimate of drug-likeness (QED) is 0.595. The molecule has 0 radical (unpaired) electrons. The highest BCUT2D eigenvalue weighted by molar-refractivity contribution is 8.14. The lowest BCUT2D eigenvalue weighted by Crippen LogP contribution is -2.39. The number of hydrogen-bond donors (Lipinski definition) is 1. The van der Waals surface area contributed by atoms with Crippen molar-refractivity contribution in [2.75, 3.05) is 25.4 Å². The molecule has 8 nitrogen and oxygen atoms in total. The summed E-state index contributed by atoms with van der Waals surface area (Å²) in [6, 6.07) is 6.04. The molecule has 154 valence electrons. The van der Waals surface area contributed by atoms with Crippen molar-refractivity contribution in [3.8, 4) is 17.0 Å². The highest BCUT2D eigenvalue weighted by Crippen LogP contribution is 2.37. The number of hydrogen-bond acceptors (Lipinski definition) is 8. The second kappa shape index (κ2) is 8.76. The van der Waals surface area contributed by atoms with Crippen molar-refractivity contribution in [2.24, 2.45) is 0 Å². The fraction of sp³-hybridized carbons (Fsp3) is 0.211. The molecule has 0 aliphatic carbocycles. The molecule has 1 aromatic carbocycles. The number of nitrogens with one attached hydrogen (secondary N) is 1. The van der Waals surface area contributed by atoms with E-state index in [1.807, 2.05) is 5.38 Å². The van der Waals surface area contributed by atoms with Crippen LogP contribution in [0.25, 0.3) is 21.3 Å². The second-order valence-corrected chi connectivity index (χ2v) is 8.04. The maximum Gasteiger partial charge on any atom is 0.288 e. The largest absolute Gasteiger partial charge is 0.467 e. The SMILES string of the molecule is O=C(COc1ncnc2scc(-c3ccc(F)cc3)c12)NCCN1C(=O)CSC1=O. The first kappa shape index (κ1) is 20.2. The van der Waals surface area contributed by atoms with E-state index < -0.39 is 5.91 Å². The second-order valence-electron chi connectivity index (χ2n) is 6.25. The van der Waals surface area contributed by atoms with E-state index in [4.69, 9.17) is 4.74 Å². The number of imide groups is 1. The zero-order chi connectivity index (χ0) is 21.1. The number of aromatic nitrogens is 2.